The maximum atomic E-state index is 12.6. The Morgan fingerprint density at radius 2 is 1.82 bits per heavy atom. The predicted octanol–water partition coefficient (Wildman–Crippen LogP) is 2.56. The summed E-state index contributed by atoms with van der Waals surface area (Å²) in [6.45, 7) is 0.909. The van der Waals surface area contributed by atoms with Crippen molar-refractivity contribution in [1.29, 1.82) is 0 Å². The lowest BCUT2D eigenvalue weighted by Gasteiger charge is -2.11. The van der Waals surface area contributed by atoms with E-state index in [1.54, 1.807) is 50.9 Å². The Kier molecular flexibility index (Phi) is 5.25. The summed E-state index contributed by atoms with van der Waals surface area (Å²) in [6, 6.07) is 8.10. The monoisotopic (exact) mass is 445 g/mol. The van der Waals surface area contributed by atoms with E-state index in [9.17, 15) is 4.79 Å². The number of hydrogen-bond acceptors (Lipinski definition) is 8. The Hall–Kier alpha value is -4.21. The van der Waals surface area contributed by atoms with Gasteiger partial charge >= 0.3 is 0 Å². The van der Waals surface area contributed by atoms with Crippen molar-refractivity contribution in [2.24, 2.45) is 5.92 Å². The maximum absolute atomic E-state index is 12.6. The molecule has 1 saturated carbocycles. The van der Waals surface area contributed by atoms with Crippen LogP contribution >= 0.6 is 0 Å². The molecule has 33 heavy (non-hydrogen) atoms. The summed E-state index contributed by atoms with van der Waals surface area (Å²) in [5, 5.41) is 8.93. The lowest BCUT2D eigenvalue weighted by Crippen LogP contribution is -2.21. The smallest absolute Gasteiger partial charge is 0.271 e. The molecule has 1 aromatic carbocycles. The lowest BCUT2D eigenvalue weighted by atomic mass is 10.2. The van der Waals surface area contributed by atoms with E-state index < -0.39 is 0 Å². The third-order valence-electron chi connectivity index (χ3n) is 5.50. The van der Waals surface area contributed by atoms with E-state index in [4.69, 9.17) is 15.2 Å². The van der Waals surface area contributed by atoms with E-state index in [0.29, 0.717) is 40.2 Å². The number of ether oxygens (including phenoxy) is 2. The van der Waals surface area contributed by atoms with Gasteiger partial charge in [0.2, 0.25) is 0 Å². The molecule has 10 nitrogen and oxygen atoms in total. The van der Waals surface area contributed by atoms with Crippen LogP contribution < -0.4 is 20.8 Å². The molecule has 4 aromatic rings. The molecule has 0 unspecified atom stereocenters. The summed E-state index contributed by atoms with van der Waals surface area (Å²) in [6.07, 6.45) is 7.84. The first-order valence-corrected chi connectivity index (χ1v) is 10.5. The van der Waals surface area contributed by atoms with Crippen molar-refractivity contribution in [3.05, 3.63) is 59.3 Å². The highest BCUT2D eigenvalue weighted by atomic mass is 16.5. The van der Waals surface area contributed by atoms with Crippen molar-refractivity contribution < 1.29 is 9.47 Å². The minimum atomic E-state index is -0.321. The van der Waals surface area contributed by atoms with Gasteiger partial charge in [-0.2, -0.15) is 14.9 Å². The normalized spacial score (nSPS) is 13.2. The van der Waals surface area contributed by atoms with Crippen LogP contribution in [-0.2, 0) is 6.54 Å². The molecule has 10 heteroatoms. The van der Waals surface area contributed by atoms with Crippen molar-refractivity contribution in [3.63, 3.8) is 0 Å². The first-order valence-electron chi connectivity index (χ1n) is 10.5. The van der Waals surface area contributed by atoms with Gasteiger partial charge in [-0.3, -0.25) is 9.48 Å². The van der Waals surface area contributed by atoms with Gasteiger partial charge in [-0.1, -0.05) is 0 Å². The Morgan fingerprint density at radius 1 is 1.06 bits per heavy atom. The minimum Gasteiger partial charge on any atom is -0.497 e. The van der Waals surface area contributed by atoms with Crippen molar-refractivity contribution in [1.82, 2.24) is 29.5 Å². The van der Waals surface area contributed by atoms with Gasteiger partial charge in [-0.05, 0) is 24.8 Å². The van der Waals surface area contributed by atoms with Gasteiger partial charge < -0.3 is 15.2 Å². The fourth-order valence-electron chi connectivity index (χ4n) is 3.52. The number of hydrogen-bond donors (Lipinski definition) is 1. The van der Waals surface area contributed by atoms with Crippen molar-refractivity contribution in [2.45, 2.75) is 19.4 Å². The largest absolute Gasteiger partial charge is 0.497 e. The van der Waals surface area contributed by atoms with Crippen LogP contribution in [0.5, 0.6) is 11.5 Å². The van der Waals surface area contributed by atoms with Gasteiger partial charge in [-0.25, -0.2) is 9.97 Å². The molecule has 3 heterocycles. The fraction of sp³-hybridized carbons (Fsp3) is 0.261. The molecular weight excluding hydrogens is 422 g/mol. The number of methoxy groups -OCH3 is 2. The van der Waals surface area contributed by atoms with Crippen LogP contribution in [0.25, 0.3) is 28.3 Å². The third kappa shape index (κ3) is 4.27. The van der Waals surface area contributed by atoms with Crippen LogP contribution in [0, 0.1) is 5.92 Å². The first kappa shape index (κ1) is 20.7. The molecule has 2 N–H and O–H groups in total. The number of nitrogens with two attached hydrogens (primary N) is 1. The molecule has 1 aliphatic carbocycles. The standard InChI is InChI=1S/C23H23N7O3/c1-32-17-7-16(8-18(9-17)33-2)30-21(31)6-5-19(28-30)22-23(24)25-11-20(27-22)15-10-26-29(13-15)12-14-3-4-14/h5-11,13-14H,3-4,12H2,1-2H3,(H2,24,25). The third-order valence-corrected chi connectivity index (χ3v) is 5.50. The Morgan fingerprint density at radius 3 is 2.52 bits per heavy atom. The summed E-state index contributed by atoms with van der Waals surface area (Å²) in [4.78, 5) is 21.6. The quantitative estimate of drug-likeness (QED) is 0.460. The van der Waals surface area contributed by atoms with Gasteiger partial charge in [0.15, 0.2) is 5.82 Å². The molecular formula is C23H23N7O3. The van der Waals surface area contributed by atoms with Crippen LogP contribution in [0.4, 0.5) is 5.82 Å². The molecule has 1 aliphatic rings. The zero-order valence-corrected chi connectivity index (χ0v) is 18.3. The zero-order valence-electron chi connectivity index (χ0n) is 18.3. The summed E-state index contributed by atoms with van der Waals surface area (Å²) < 4.78 is 13.8. The number of nitrogens with zero attached hydrogens (tertiary/aromatic N) is 6. The van der Waals surface area contributed by atoms with Gasteiger partial charge in [0.25, 0.3) is 5.56 Å². The van der Waals surface area contributed by atoms with Gasteiger partial charge in [0, 0.05) is 42.6 Å². The average molecular weight is 445 g/mol. The Balaban J connectivity index is 1.54. The molecule has 0 atom stereocenters. The molecule has 168 valence electrons. The Labute approximate surface area is 189 Å². The second kappa shape index (κ2) is 8.38. The number of rotatable bonds is 7. The molecule has 0 saturated heterocycles. The van der Waals surface area contributed by atoms with Crippen LogP contribution in [0.2, 0.25) is 0 Å². The molecule has 5 rings (SSSR count). The van der Waals surface area contributed by atoms with Crippen molar-refractivity contribution in [2.75, 3.05) is 20.0 Å². The van der Waals surface area contributed by atoms with Crippen LogP contribution in [-0.4, -0.2) is 43.7 Å². The summed E-state index contributed by atoms with van der Waals surface area (Å²) in [5.74, 6) is 2.00. The van der Waals surface area contributed by atoms with E-state index in [1.807, 2.05) is 10.9 Å². The van der Waals surface area contributed by atoms with E-state index >= 15 is 0 Å². The first-order chi connectivity index (χ1) is 16.0. The molecule has 0 bridgehead atoms. The van der Waals surface area contributed by atoms with E-state index in [-0.39, 0.29) is 11.4 Å². The topological polar surface area (TPSA) is 123 Å². The zero-order chi connectivity index (χ0) is 22.9. The van der Waals surface area contributed by atoms with Gasteiger partial charge in [0.05, 0.1) is 38.0 Å². The SMILES string of the molecule is COc1cc(OC)cc(-n2nc(-c3nc(-c4cnn(CC5CC5)c4)cnc3N)ccc2=O)c1. The van der Waals surface area contributed by atoms with Crippen LogP contribution in [0.3, 0.4) is 0 Å². The van der Waals surface area contributed by atoms with Crippen molar-refractivity contribution in [3.8, 4) is 39.8 Å². The molecule has 0 aliphatic heterocycles. The minimum absolute atomic E-state index is 0.213. The summed E-state index contributed by atoms with van der Waals surface area (Å²) >= 11 is 0. The highest BCUT2D eigenvalue weighted by Crippen LogP contribution is 2.31. The van der Waals surface area contributed by atoms with Crippen LogP contribution in [0.1, 0.15) is 12.8 Å². The predicted molar refractivity (Wildman–Crippen MR) is 122 cm³/mol. The lowest BCUT2D eigenvalue weighted by molar-refractivity contribution is 0.393. The molecule has 0 amide bonds. The number of aromatic nitrogens is 6. The molecule has 0 spiro atoms. The number of nitrogen functional groups attached to an aromatic ring is 1. The van der Waals surface area contributed by atoms with Crippen molar-refractivity contribution >= 4 is 5.82 Å². The Bertz CT molecular complexity index is 1350. The number of benzene rings is 1. The summed E-state index contributed by atoms with van der Waals surface area (Å²) in [7, 11) is 3.08. The molecule has 3 aromatic heterocycles. The van der Waals surface area contributed by atoms with E-state index in [0.717, 1.165) is 12.1 Å². The number of anilines is 1. The molecule has 1 fully saturated rings. The highest BCUT2D eigenvalue weighted by Gasteiger charge is 2.22. The average Bonchev–Trinajstić information content (AvgIpc) is 3.53. The highest BCUT2D eigenvalue weighted by molar-refractivity contribution is 5.70. The maximum Gasteiger partial charge on any atom is 0.271 e. The van der Waals surface area contributed by atoms with Crippen LogP contribution in [0.15, 0.2) is 53.7 Å². The van der Waals surface area contributed by atoms with E-state index in [2.05, 4.69) is 20.2 Å². The van der Waals surface area contributed by atoms with Gasteiger partial charge in [0.1, 0.15) is 22.9 Å². The van der Waals surface area contributed by atoms with E-state index in [1.165, 1.54) is 23.6 Å². The molecule has 0 radical (unpaired) electrons. The fourth-order valence-corrected chi connectivity index (χ4v) is 3.52. The van der Waals surface area contributed by atoms with Gasteiger partial charge in [-0.15, -0.1) is 0 Å². The second-order valence-electron chi connectivity index (χ2n) is 7.92. The summed E-state index contributed by atoms with van der Waals surface area (Å²) in [5.41, 5.74) is 8.56. The second-order valence-corrected chi connectivity index (χ2v) is 7.92.